The van der Waals surface area contributed by atoms with Gasteiger partial charge in [0.2, 0.25) is 0 Å². The average Bonchev–Trinajstić information content (AvgIpc) is 1.79. The molecule has 0 radical (unpaired) electrons. The lowest BCUT2D eigenvalue weighted by Gasteiger charge is -2.54. The van der Waals surface area contributed by atoms with Crippen LogP contribution in [0.4, 0.5) is 0 Å². The van der Waals surface area contributed by atoms with E-state index in [1.54, 1.807) is 38.5 Å². The van der Waals surface area contributed by atoms with Crippen LogP contribution >= 0.6 is 0 Å². The van der Waals surface area contributed by atoms with Gasteiger partial charge in [-0.05, 0) is 246 Å². The SMILES string of the molecule is C(CNC1C2CC3CC(C2)CC1C3)NC1CC1.CC(C)=CCC/C(C)=C/CNCCNC(c1ccccc1)c1cccnc1.CC(C)=CCC/C(C)=C/CNCCNC(c1ccccn1)c1ccccn1.CCCCCCNCCNC1C2CC3CC(C2)CC1C3. The maximum absolute atomic E-state index is 4.50. The van der Waals surface area contributed by atoms with Gasteiger partial charge in [0.05, 0.1) is 23.5 Å². The van der Waals surface area contributed by atoms with Crippen LogP contribution in [0, 0.1) is 47.3 Å². The smallest absolute Gasteiger partial charge is 0.0925 e. The second kappa shape index (κ2) is 41.2. The van der Waals surface area contributed by atoms with Crippen molar-refractivity contribution in [3.63, 3.8) is 0 Å². The van der Waals surface area contributed by atoms with Crippen molar-refractivity contribution in [3.05, 3.63) is 173 Å². The molecule has 8 bridgehead atoms. The molecule has 0 saturated heterocycles. The van der Waals surface area contributed by atoms with E-state index < -0.39 is 0 Å². The van der Waals surface area contributed by atoms with Crippen molar-refractivity contribution < 1.29 is 0 Å². The number of hydrogen-bond acceptors (Lipinski definition) is 11. The van der Waals surface area contributed by atoms with Crippen LogP contribution in [0.15, 0.2) is 150 Å². The Bertz CT molecular complexity index is 2420. The summed E-state index contributed by atoms with van der Waals surface area (Å²) >= 11 is 0. The maximum Gasteiger partial charge on any atom is 0.0925 e. The molecule has 4 aromatic rings. The fourth-order valence-corrected chi connectivity index (χ4v) is 16.2. The molecule has 1 unspecified atom stereocenters. The Morgan fingerprint density at radius 1 is 0.440 bits per heavy atom. The van der Waals surface area contributed by atoms with Gasteiger partial charge < -0.3 is 42.5 Å². The van der Waals surface area contributed by atoms with Crippen LogP contribution in [-0.4, -0.2) is 105 Å². The first kappa shape index (κ1) is 72.1. The van der Waals surface area contributed by atoms with Crippen molar-refractivity contribution >= 4 is 0 Å². The fourth-order valence-electron chi connectivity index (χ4n) is 16.2. The molecular weight excluding hydrogens is 1110 g/mol. The molecule has 0 spiro atoms. The highest BCUT2D eigenvalue weighted by Gasteiger charge is 2.49. The van der Waals surface area contributed by atoms with Gasteiger partial charge in [-0.1, -0.05) is 121 Å². The summed E-state index contributed by atoms with van der Waals surface area (Å²) in [5, 5.41) is 29.2. The number of hydrogen-bond donors (Lipinski definition) is 8. The summed E-state index contributed by atoms with van der Waals surface area (Å²) in [5.74, 6) is 8.55. The first-order valence-corrected chi connectivity index (χ1v) is 36.7. The van der Waals surface area contributed by atoms with Gasteiger partial charge in [-0.25, -0.2) is 0 Å². The van der Waals surface area contributed by atoms with E-state index in [1.165, 1.54) is 124 Å². The highest BCUT2D eigenvalue weighted by molar-refractivity contribution is 5.30. The summed E-state index contributed by atoms with van der Waals surface area (Å²) in [6.45, 7) is 26.7. The zero-order valence-corrected chi connectivity index (χ0v) is 57.9. The lowest BCUT2D eigenvalue weighted by molar-refractivity contribution is -0.0133. The van der Waals surface area contributed by atoms with E-state index >= 15 is 0 Å². The molecule has 91 heavy (non-hydrogen) atoms. The third kappa shape index (κ3) is 26.6. The third-order valence-electron chi connectivity index (χ3n) is 20.6. The second-order valence-corrected chi connectivity index (χ2v) is 29.0. The van der Waals surface area contributed by atoms with Crippen LogP contribution < -0.4 is 42.5 Å². The number of benzene rings is 1. The minimum atomic E-state index is 0.00977. The molecule has 9 saturated carbocycles. The Morgan fingerprint density at radius 3 is 1.37 bits per heavy atom. The minimum Gasteiger partial charge on any atom is -0.315 e. The van der Waals surface area contributed by atoms with Crippen molar-refractivity contribution in [2.24, 2.45) is 47.3 Å². The van der Waals surface area contributed by atoms with Crippen LogP contribution in [0.2, 0.25) is 0 Å². The first-order chi connectivity index (χ1) is 44.6. The summed E-state index contributed by atoms with van der Waals surface area (Å²) in [6, 6.07) is 29.5. The number of nitrogens with one attached hydrogen (secondary N) is 8. The van der Waals surface area contributed by atoms with Gasteiger partial charge in [0.15, 0.2) is 0 Å². The van der Waals surface area contributed by atoms with E-state index in [-0.39, 0.29) is 12.1 Å². The highest BCUT2D eigenvalue weighted by atomic mass is 15.0. The highest BCUT2D eigenvalue weighted by Crippen LogP contribution is 2.55. The molecule has 500 valence electrons. The van der Waals surface area contributed by atoms with Crippen molar-refractivity contribution in [1.29, 1.82) is 0 Å². The van der Waals surface area contributed by atoms with Crippen LogP contribution in [0.3, 0.4) is 0 Å². The Labute approximate surface area is 553 Å². The quantitative estimate of drug-likeness (QED) is 0.0163. The average molecular weight is 1240 g/mol. The number of pyridine rings is 3. The van der Waals surface area contributed by atoms with E-state index in [0.29, 0.717) is 0 Å². The van der Waals surface area contributed by atoms with E-state index in [9.17, 15) is 0 Å². The lowest BCUT2D eigenvalue weighted by atomic mass is 9.54. The molecule has 0 amide bonds. The zero-order valence-electron chi connectivity index (χ0n) is 57.9. The van der Waals surface area contributed by atoms with Gasteiger partial charge in [0, 0.05) is 108 Å². The van der Waals surface area contributed by atoms with Crippen LogP contribution in [0.25, 0.3) is 0 Å². The van der Waals surface area contributed by atoms with E-state index in [4.69, 9.17) is 0 Å². The molecule has 1 atom stereocenters. The molecular formula is C80H125N11. The van der Waals surface area contributed by atoms with Gasteiger partial charge >= 0.3 is 0 Å². The molecule has 9 fully saturated rings. The summed E-state index contributed by atoms with van der Waals surface area (Å²) in [4.78, 5) is 13.3. The Hall–Kier alpha value is -4.69. The summed E-state index contributed by atoms with van der Waals surface area (Å²) in [7, 11) is 0. The van der Waals surface area contributed by atoms with Gasteiger partial charge in [0.1, 0.15) is 0 Å². The summed E-state index contributed by atoms with van der Waals surface area (Å²) in [5.41, 5.74) is 10.1. The first-order valence-electron chi connectivity index (χ1n) is 36.7. The number of aromatic nitrogens is 3. The van der Waals surface area contributed by atoms with Crippen LogP contribution in [0.5, 0.6) is 0 Å². The predicted octanol–water partition coefficient (Wildman–Crippen LogP) is 15.2. The van der Waals surface area contributed by atoms with Gasteiger partial charge in [-0.2, -0.15) is 0 Å². The molecule has 11 heteroatoms. The molecule has 9 aliphatic rings. The Morgan fingerprint density at radius 2 is 0.912 bits per heavy atom. The molecule has 13 rings (SSSR count). The minimum absolute atomic E-state index is 0.00977. The standard InChI is InChI=1S/C24H33N3.C23H32N4.C18H34N2.C15H26N2/c1-20(2)9-7-10-21(3)14-16-25-17-18-27-24(22-11-5-4-6-12-22)23-13-8-15-26-19-23;1-19(2)9-8-10-20(3)13-16-24-17-18-27-23(21-11-4-6-14-25-21)22-12-5-7-15-26-22;1-2-3-4-5-6-19-7-8-20-18-16-10-14-9-15(12-16)13-17(18)11-14;1-2-14(1)16-3-4-17-15-12-6-10-5-11(8-12)9-13(15)7-10/h4-6,8-9,11-15,19,24-25,27H,7,10,16-18H2,1-3H3;4-7,9,11-15,23-24,27H,8,10,16-18H2,1-3H3;14-20H,2-13H2,1H3;10-17H,1-9H2/b21-14+;20-13+;;. The van der Waals surface area contributed by atoms with Crippen LogP contribution in [-0.2, 0) is 0 Å². The number of unbranched alkanes of at least 4 members (excludes halogenated alkanes) is 3. The molecule has 11 nitrogen and oxygen atoms in total. The monoisotopic (exact) mass is 1240 g/mol. The van der Waals surface area contributed by atoms with Crippen molar-refractivity contribution in [2.45, 2.75) is 207 Å². The largest absolute Gasteiger partial charge is 0.315 e. The third-order valence-corrected chi connectivity index (χ3v) is 20.6. The van der Waals surface area contributed by atoms with E-state index in [2.05, 4.69) is 167 Å². The number of rotatable bonds is 36. The zero-order chi connectivity index (χ0) is 63.7. The second-order valence-electron chi connectivity index (χ2n) is 29.0. The summed E-state index contributed by atoms with van der Waals surface area (Å²) < 4.78 is 0. The fraction of sp³-hybridized carbons (Fsp3) is 0.637. The molecule has 3 heterocycles. The molecule has 3 aromatic heterocycles. The van der Waals surface area contributed by atoms with Crippen molar-refractivity contribution in [2.75, 3.05) is 72.0 Å². The maximum atomic E-state index is 4.50. The Kier molecular flexibility index (Phi) is 32.7. The molecule has 9 aliphatic carbocycles. The summed E-state index contributed by atoms with van der Waals surface area (Å²) in [6.07, 6.45) is 44.9. The van der Waals surface area contributed by atoms with Gasteiger partial charge in [0.25, 0.3) is 0 Å². The van der Waals surface area contributed by atoms with Crippen LogP contribution in [0.1, 0.15) is 211 Å². The normalized spacial score (nSPS) is 24.6. The number of nitrogens with zero attached hydrogens (tertiary/aromatic N) is 3. The van der Waals surface area contributed by atoms with Gasteiger partial charge in [-0.15, -0.1) is 0 Å². The van der Waals surface area contributed by atoms with E-state index in [1.807, 2.05) is 67.3 Å². The molecule has 0 aliphatic heterocycles. The molecule has 8 N–H and O–H groups in total. The topological polar surface area (TPSA) is 135 Å². The molecule has 1 aromatic carbocycles. The number of allylic oxidation sites excluding steroid dienone is 6. The Balaban J connectivity index is 0.000000158. The predicted molar refractivity (Wildman–Crippen MR) is 385 cm³/mol. The lowest BCUT2D eigenvalue weighted by Crippen LogP contribution is -2.55. The van der Waals surface area contributed by atoms with Crippen molar-refractivity contribution in [3.8, 4) is 0 Å². The van der Waals surface area contributed by atoms with Gasteiger partial charge in [-0.3, -0.25) is 15.0 Å². The van der Waals surface area contributed by atoms with Crippen molar-refractivity contribution in [1.82, 2.24) is 57.5 Å². The van der Waals surface area contributed by atoms with E-state index in [0.717, 1.165) is 148 Å².